The van der Waals surface area contributed by atoms with E-state index in [9.17, 15) is 0 Å². The van der Waals surface area contributed by atoms with Crippen LogP contribution in [0.5, 0.6) is 0 Å². The van der Waals surface area contributed by atoms with Gasteiger partial charge in [0.1, 0.15) is 0 Å². The summed E-state index contributed by atoms with van der Waals surface area (Å²) in [6.45, 7) is 4.03. The molecule has 98 valence electrons. The van der Waals surface area contributed by atoms with Crippen molar-refractivity contribution in [1.82, 2.24) is 4.90 Å². The van der Waals surface area contributed by atoms with Gasteiger partial charge in [-0.3, -0.25) is 4.90 Å². The van der Waals surface area contributed by atoms with Crippen LogP contribution in [0.1, 0.15) is 24.8 Å². The van der Waals surface area contributed by atoms with Crippen LogP contribution in [-0.4, -0.2) is 36.2 Å². The zero-order valence-corrected chi connectivity index (χ0v) is 10.8. The van der Waals surface area contributed by atoms with Crippen molar-refractivity contribution in [3.63, 3.8) is 0 Å². The van der Waals surface area contributed by atoms with Gasteiger partial charge in [0.2, 0.25) is 0 Å². The minimum atomic E-state index is 0.0481. The summed E-state index contributed by atoms with van der Waals surface area (Å²) in [6.07, 6.45) is 3.17. The van der Waals surface area contributed by atoms with E-state index < -0.39 is 0 Å². The molecular weight excluding hydrogens is 224 g/mol. The van der Waals surface area contributed by atoms with Crippen molar-refractivity contribution < 1.29 is 4.74 Å². The molecule has 1 spiro atoms. The van der Waals surface area contributed by atoms with Gasteiger partial charge in [0.15, 0.2) is 0 Å². The van der Waals surface area contributed by atoms with E-state index in [0.29, 0.717) is 6.04 Å². The average molecular weight is 246 g/mol. The Hall–Kier alpha value is -0.900. The number of nitrogens with two attached hydrogens (primary N) is 1. The van der Waals surface area contributed by atoms with E-state index >= 15 is 0 Å². The van der Waals surface area contributed by atoms with E-state index in [1.807, 2.05) is 0 Å². The van der Waals surface area contributed by atoms with Crippen molar-refractivity contribution in [2.24, 2.45) is 5.73 Å². The van der Waals surface area contributed by atoms with Crippen molar-refractivity contribution >= 4 is 0 Å². The lowest BCUT2D eigenvalue weighted by Crippen LogP contribution is -2.46. The third kappa shape index (κ3) is 2.58. The summed E-state index contributed by atoms with van der Waals surface area (Å²) >= 11 is 0. The molecule has 2 aliphatic rings. The fourth-order valence-corrected chi connectivity index (χ4v) is 3.25. The molecule has 3 nitrogen and oxygen atoms in total. The maximum Gasteiger partial charge on any atom is 0.0835 e. The van der Waals surface area contributed by atoms with Gasteiger partial charge in [-0.15, -0.1) is 0 Å². The van der Waals surface area contributed by atoms with Gasteiger partial charge in [0, 0.05) is 32.3 Å². The zero-order valence-electron chi connectivity index (χ0n) is 10.8. The summed E-state index contributed by atoms with van der Waals surface area (Å²) in [5, 5.41) is 0. The standard InChI is InChI=1S/C15H22N2O/c16-14-6-9-18-15(10-14)7-8-17(12-15)11-13-4-2-1-3-5-13/h1-5,14H,6-12,16H2/t14-,15-/m1/s1. The van der Waals surface area contributed by atoms with Crippen LogP contribution in [0.2, 0.25) is 0 Å². The normalized spacial score (nSPS) is 33.1. The van der Waals surface area contributed by atoms with Gasteiger partial charge in [-0.05, 0) is 24.8 Å². The molecule has 3 rings (SSSR count). The highest BCUT2D eigenvalue weighted by Crippen LogP contribution is 2.34. The van der Waals surface area contributed by atoms with Crippen LogP contribution in [-0.2, 0) is 11.3 Å². The molecule has 1 aromatic rings. The summed E-state index contributed by atoms with van der Waals surface area (Å²) in [5.41, 5.74) is 7.52. The van der Waals surface area contributed by atoms with E-state index in [0.717, 1.165) is 45.5 Å². The molecule has 1 aromatic carbocycles. The molecule has 0 radical (unpaired) electrons. The maximum absolute atomic E-state index is 6.09. The molecule has 2 N–H and O–H groups in total. The number of likely N-dealkylation sites (tertiary alicyclic amines) is 1. The summed E-state index contributed by atoms with van der Waals surface area (Å²) < 4.78 is 6.04. The first-order valence-corrected chi connectivity index (χ1v) is 6.92. The highest BCUT2D eigenvalue weighted by Gasteiger charge is 2.42. The summed E-state index contributed by atoms with van der Waals surface area (Å²) in [5.74, 6) is 0. The van der Waals surface area contributed by atoms with E-state index in [1.165, 1.54) is 5.56 Å². The van der Waals surface area contributed by atoms with E-state index in [4.69, 9.17) is 10.5 Å². The predicted octanol–water partition coefficient (Wildman–Crippen LogP) is 1.77. The van der Waals surface area contributed by atoms with Crippen LogP contribution < -0.4 is 5.73 Å². The van der Waals surface area contributed by atoms with Crippen molar-refractivity contribution in [2.75, 3.05) is 19.7 Å². The fraction of sp³-hybridized carbons (Fsp3) is 0.600. The number of hydrogen-bond donors (Lipinski definition) is 1. The monoisotopic (exact) mass is 246 g/mol. The zero-order chi connectivity index (χ0) is 12.4. The molecule has 18 heavy (non-hydrogen) atoms. The minimum absolute atomic E-state index is 0.0481. The van der Waals surface area contributed by atoms with Crippen molar-refractivity contribution in [1.29, 1.82) is 0 Å². The van der Waals surface area contributed by atoms with E-state index in [-0.39, 0.29) is 5.60 Å². The number of ether oxygens (including phenoxy) is 1. The highest BCUT2D eigenvalue weighted by atomic mass is 16.5. The molecule has 2 heterocycles. The lowest BCUT2D eigenvalue weighted by Gasteiger charge is -2.36. The van der Waals surface area contributed by atoms with Gasteiger partial charge < -0.3 is 10.5 Å². The maximum atomic E-state index is 6.09. The fourth-order valence-electron chi connectivity index (χ4n) is 3.25. The highest BCUT2D eigenvalue weighted by molar-refractivity contribution is 5.15. The number of rotatable bonds is 2. The Labute approximate surface area is 109 Å². The lowest BCUT2D eigenvalue weighted by molar-refractivity contribution is -0.0760. The second kappa shape index (κ2) is 5.00. The summed E-state index contributed by atoms with van der Waals surface area (Å²) in [7, 11) is 0. The molecule has 0 aromatic heterocycles. The second-order valence-corrected chi connectivity index (χ2v) is 5.73. The average Bonchev–Trinajstić information content (AvgIpc) is 2.73. The first kappa shape index (κ1) is 12.2. The summed E-state index contributed by atoms with van der Waals surface area (Å²) in [6, 6.07) is 11.0. The Morgan fingerprint density at radius 3 is 2.94 bits per heavy atom. The van der Waals surface area contributed by atoms with Crippen LogP contribution in [0, 0.1) is 0 Å². The van der Waals surface area contributed by atoms with Crippen LogP contribution >= 0.6 is 0 Å². The predicted molar refractivity (Wildman–Crippen MR) is 72.2 cm³/mol. The van der Waals surface area contributed by atoms with Crippen LogP contribution in [0.25, 0.3) is 0 Å². The molecule has 0 unspecified atom stereocenters. The van der Waals surface area contributed by atoms with Crippen molar-refractivity contribution in [3.8, 4) is 0 Å². The first-order valence-electron chi connectivity index (χ1n) is 6.92. The Bertz CT molecular complexity index is 395. The molecule has 0 saturated carbocycles. The molecule has 2 aliphatic heterocycles. The first-order chi connectivity index (χ1) is 8.76. The molecule has 0 amide bonds. The van der Waals surface area contributed by atoms with Crippen LogP contribution in [0.15, 0.2) is 30.3 Å². The van der Waals surface area contributed by atoms with Gasteiger partial charge in [-0.1, -0.05) is 30.3 Å². The lowest BCUT2D eigenvalue weighted by atomic mass is 9.90. The SMILES string of the molecule is N[C@@H]1CCO[C@]2(CCN(Cc3ccccc3)C2)C1. The quantitative estimate of drug-likeness (QED) is 0.864. The third-order valence-electron chi connectivity index (χ3n) is 4.18. The number of hydrogen-bond acceptors (Lipinski definition) is 3. The molecular formula is C15H22N2O. The van der Waals surface area contributed by atoms with Gasteiger partial charge in [-0.2, -0.15) is 0 Å². The van der Waals surface area contributed by atoms with Crippen LogP contribution in [0.4, 0.5) is 0 Å². The Balaban J connectivity index is 1.61. The Kier molecular flexibility index (Phi) is 3.37. The summed E-state index contributed by atoms with van der Waals surface area (Å²) in [4.78, 5) is 2.49. The molecule has 2 atom stereocenters. The van der Waals surface area contributed by atoms with Crippen LogP contribution in [0.3, 0.4) is 0 Å². The number of nitrogens with zero attached hydrogens (tertiary/aromatic N) is 1. The minimum Gasteiger partial charge on any atom is -0.373 e. The smallest absolute Gasteiger partial charge is 0.0835 e. The molecule has 2 saturated heterocycles. The Morgan fingerprint density at radius 2 is 2.17 bits per heavy atom. The molecule has 0 bridgehead atoms. The second-order valence-electron chi connectivity index (χ2n) is 5.73. The Morgan fingerprint density at radius 1 is 1.33 bits per heavy atom. The van der Waals surface area contributed by atoms with E-state index in [1.54, 1.807) is 0 Å². The van der Waals surface area contributed by atoms with Crippen molar-refractivity contribution in [2.45, 2.75) is 37.5 Å². The molecule has 3 heteroatoms. The van der Waals surface area contributed by atoms with Gasteiger partial charge in [0.25, 0.3) is 0 Å². The van der Waals surface area contributed by atoms with Gasteiger partial charge in [0.05, 0.1) is 5.60 Å². The third-order valence-corrected chi connectivity index (χ3v) is 4.18. The molecule has 2 fully saturated rings. The van der Waals surface area contributed by atoms with E-state index in [2.05, 4.69) is 35.2 Å². The van der Waals surface area contributed by atoms with Gasteiger partial charge in [-0.25, -0.2) is 0 Å². The van der Waals surface area contributed by atoms with Gasteiger partial charge >= 0.3 is 0 Å². The largest absolute Gasteiger partial charge is 0.373 e. The number of benzene rings is 1. The topological polar surface area (TPSA) is 38.5 Å². The molecule has 0 aliphatic carbocycles. The van der Waals surface area contributed by atoms with Crippen molar-refractivity contribution in [3.05, 3.63) is 35.9 Å².